The standard InChI is InChI=1S/C19H21N7O6/c20-19-25-15-14(17(30)26-19)23-11(8-22-15)7-21-10-3-1-9(2-4-10)16(29)24-12(18(31)32)5-6-13(27)28/h1-4,8,12,19,21H,5-7,20H2,(H,22,25)(H,24,29)(H,26,30)(H,27,28)(H,31,32). The van der Waals surface area contributed by atoms with E-state index in [1.165, 1.54) is 18.3 Å². The van der Waals surface area contributed by atoms with Crippen LogP contribution in [0.25, 0.3) is 0 Å². The number of amides is 2. The van der Waals surface area contributed by atoms with Gasteiger partial charge in [0.1, 0.15) is 6.04 Å². The van der Waals surface area contributed by atoms with Gasteiger partial charge in [-0.25, -0.2) is 14.8 Å². The lowest BCUT2D eigenvalue weighted by Gasteiger charge is -2.23. The van der Waals surface area contributed by atoms with Crippen molar-refractivity contribution in [1.29, 1.82) is 0 Å². The molecule has 2 heterocycles. The summed E-state index contributed by atoms with van der Waals surface area (Å²) in [6, 6.07) is 4.90. The first-order valence-corrected chi connectivity index (χ1v) is 9.51. The number of nitrogens with one attached hydrogen (secondary N) is 4. The van der Waals surface area contributed by atoms with Crippen molar-refractivity contribution in [3.63, 3.8) is 0 Å². The van der Waals surface area contributed by atoms with E-state index < -0.39 is 36.1 Å². The topological polar surface area (TPSA) is 209 Å². The summed E-state index contributed by atoms with van der Waals surface area (Å²) in [4.78, 5) is 54.5. The van der Waals surface area contributed by atoms with E-state index in [1.54, 1.807) is 12.1 Å². The molecule has 2 aromatic rings. The van der Waals surface area contributed by atoms with E-state index in [-0.39, 0.29) is 30.6 Å². The lowest BCUT2D eigenvalue weighted by Crippen LogP contribution is -2.51. The molecular formula is C19H21N7O6. The molecular weight excluding hydrogens is 422 g/mol. The van der Waals surface area contributed by atoms with Gasteiger partial charge < -0.3 is 31.5 Å². The third-order valence-corrected chi connectivity index (χ3v) is 4.49. The van der Waals surface area contributed by atoms with Gasteiger partial charge in [0.2, 0.25) is 0 Å². The average Bonchev–Trinajstić information content (AvgIpc) is 2.75. The summed E-state index contributed by atoms with van der Waals surface area (Å²) >= 11 is 0. The molecule has 2 unspecified atom stereocenters. The zero-order valence-electron chi connectivity index (χ0n) is 16.7. The van der Waals surface area contributed by atoms with Crippen LogP contribution in [-0.2, 0) is 16.1 Å². The molecule has 0 saturated carbocycles. The molecule has 0 bridgehead atoms. The fraction of sp³-hybridized carbons (Fsp3) is 0.263. The number of carboxylic acid groups (broad SMARTS) is 2. The summed E-state index contributed by atoms with van der Waals surface area (Å²) in [5, 5.41) is 28.5. The van der Waals surface area contributed by atoms with Gasteiger partial charge in [0.05, 0.1) is 18.4 Å². The summed E-state index contributed by atoms with van der Waals surface area (Å²) < 4.78 is 0. The molecule has 168 valence electrons. The second-order valence-electron chi connectivity index (χ2n) is 6.88. The molecule has 1 aliphatic rings. The van der Waals surface area contributed by atoms with Gasteiger partial charge in [-0.3, -0.25) is 20.1 Å². The zero-order valence-corrected chi connectivity index (χ0v) is 16.7. The van der Waals surface area contributed by atoms with Crippen molar-refractivity contribution in [3.05, 3.63) is 47.4 Å². The van der Waals surface area contributed by atoms with Crippen molar-refractivity contribution in [3.8, 4) is 0 Å². The summed E-state index contributed by atoms with van der Waals surface area (Å²) in [7, 11) is 0. The molecule has 3 rings (SSSR count). The Hall–Kier alpha value is -4.26. The fourth-order valence-electron chi connectivity index (χ4n) is 2.87. The van der Waals surface area contributed by atoms with Crippen LogP contribution in [0, 0.1) is 0 Å². The third kappa shape index (κ3) is 5.66. The third-order valence-electron chi connectivity index (χ3n) is 4.49. The molecule has 2 atom stereocenters. The molecule has 0 radical (unpaired) electrons. The number of anilines is 2. The minimum atomic E-state index is -1.31. The second-order valence-corrected chi connectivity index (χ2v) is 6.88. The van der Waals surface area contributed by atoms with Crippen LogP contribution >= 0.6 is 0 Å². The van der Waals surface area contributed by atoms with Crippen molar-refractivity contribution in [2.24, 2.45) is 5.73 Å². The van der Waals surface area contributed by atoms with E-state index in [0.29, 0.717) is 17.2 Å². The average molecular weight is 443 g/mol. The van der Waals surface area contributed by atoms with Crippen LogP contribution in [0.4, 0.5) is 11.5 Å². The maximum absolute atomic E-state index is 12.3. The monoisotopic (exact) mass is 443 g/mol. The number of nitrogens with two attached hydrogens (primary N) is 1. The normalized spacial score (nSPS) is 15.5. The summed E-state index contributed by atoms with van der Waals surface area (Å²) in [5.74, 6) is -3.23. The van der Waals surface area contributed by atoms with Gasteiger partial charge in [0, 0.05) is 17.7 Å². The van der Waals surface area contributed by atoms with Gasteiger partial charge in [-0.05, 0) is 30.7 Å². The number of nitrogens with zero attached hydrogens (tertiary/aromatic N) is 2. The van der Waals surface area contributed by atoms with Gasteiger partial charge in [-0.15, -0.1) is 0 Å². The van der Waals surface area contributed by atoms with Crippen molar-refractivity contribution >= 4 is 35.3 Å². The Morgan fingerprint density at radius 2 is 1.88 bits per heavy atom. The number of hydrogen-bond donors (Lipinski definition) is 7. The van der Waals surface area contributed by atoms with Crippen LogP contribution < -0.4 is 27.0 Å². The smallest absolute Gasteiger partial charge is 0.326 e. The van der Waals surface area contributed by atoms with Gasteiger partial charge in [-0.1, -0.05) is 0 Å². The lowest BCUT2D eigenvalue weighted by atomic mass is 10.1. The molecule has 0 saturated heterocycles. The first-order chi connectivity index (χ1) is 15.2. The summed E-state index contributed by atoms with van der Waals surface area (Å²) in [5.41, 5.74) is 7.10. The number of carbonyl (C=O) groups excluding carboxylic acids is 2. The SMILES string of the molecule is NC1NC(=O)c2nc(CNc3ccc(C(=O)NC(CCC(=O)O)C(=O)O)cc3)cnc2N1. The van der Waals surface area contributed by atoms with Gasteiger partial charge in [0.25, 0.3) is 11.8 Å². The molecule has 13 nitrogen and oxygen atoms in total. The number of benzene rings is 1. The summed E-state index contributed by atoms with van der Waals surface area (Å²) in [6.07, 6.45) is 0.162. The Labute approximate surface area is 181 Å². The molecule has 0 aliphatic carbocycles. The van der Waals surface area contributed by atoms with Crippen molar-refractivity contribution in [2.75, 3.05) is 10.6 Å². The minimum Gasteiger partial charge on any atom is -0.481 e. The zero-order chi connectivity index (χ0) is 23.3. The van der Waals surface area contributed by atoms with E-state index in [1.807, 2.05) is 0 Å². The largest absolute Gasteiger partial charge is 0.481 e. The van der Waals surface area contributed by atoms with Crippen LogP contribution in [0.2, 0.25) is 0 Å². The number of rotatable bonds is 9. The van der Waals surface area contributed by atoms with Gasteiger partial charge in [0.15, 0.2) is 17.8 Å². The van der Waals surface area contributed by atoms with E-state index >= 15 is 0 Å². The van der Waals surface area contributed by atoms with Crippen LogP contribution in [0.15, 0.2) is 30.5 Å². The van der Waals surface area contributed by atoms with Crippen molar-refractivity contribution < 1.29 is 29.4 Å². The van der Waals surface area contributed by atoms with Crippen molar-refractivity contribution in [1.82, 2.24) is 20.6 Å². The maximum Gasteiger partial charge on any atom is 0.326 e. The number of aliphatic carboxylic acids is 2. The Kier molecular flexibility index (Phi) is 6.80. The molecule has 1 aromatic heterocycles. The number of carboxylic acids is 2. The highest BCUT2D eigenvalue weighted by Gasteiger charge is 2.24. The first kappa shape index (κ1) is 22.4. The van der Waals surface area contributed by atoms with Gasteiger partial charge >= 0.3 is 11.9 Å². The predicted octanol–water partition coefficient (Wildman–Crippen LogP) is -0.466. The molecule has 32 heavy (non-hydrogen) atoms. The van der Waals surface area contributed by atoms with E-state index in [9.17, 15) is 19.2 Å². The van der Waals surface area contributed by atoms with E-state index in [0.717, 1.165) is 0 Å². The first-order valence-electron chi connectivity index (χ1n) is 9.51. The van der Waals surface area contributed by atoms with Crippen LogP contribution in [0.3, 0.4) is 0 Å². The maximum atomic E-state index is 12.3. The molecule has 13 heteroatoms. The highest BCUT2D eigenvalue weighted by Crippen LogP contribution is 2.16. The Balaban J connectivity index is 1.58. The van der Waals surface area contributed by atoms with Crippen LogP contribution in [0.1, 0.15) is 39.4 Å². The Bertz CT molecular complexity index is 1040. The Morgan fingerprint density at radius 3 is 2.53 bits per heavy atom. The molecule has 1 aliphatic heterocycles. The number of fused-ring (bicyclic) bond motifs is 1. The number of aromatic nitrogens is 2. The predicted molar refractivity (Wildman–Crippen MR) is 111 cm³/mol. The number of carbonyl (C=O) groups is 4. The summed E-state index contributed by atoms with van der Waals surface area (Å²) in [6.45, 7) is 0.251. The molecule has 0 fully saturated rings. The van der Waals surface area contributed by atoms with Gasteiger partial charge in [-0.2, -0.15) is 0 Å². The highest BCUT2D eigenvalue weighted by molar-refractivity contribution is 5.98. The van der Waals surface area contributed by atoms with Crippen LogP contribution in [-0.4, -0.2) is 56.3 Å². The number of hydrogen-bond acceptors (Lipinski definition) is 9. The lowest BCUT2D eigenvalue weighted by molar-refractivity contribution is -0.140. The van der Waals surface area contributed by atoms with E-state index in [4.69, 9.17) is 15.9 Å². The van der Waals surface area contributed by atoms with E-state index in [2.05, 4.69) is 31.2 Å². The second kappa shape index (κ2) is 9.70. The quantitative estimate of drug-likeness (QED) is 0.263. The fourth-order valence-corrected chi connectivity index (χ4v) is 2.87. The molecule has 1 aromatic carbocycles. The molecule has 2 amide bonds. The molecule has 8 N–H and O–H groups in total. The molecule has 0 spiro atoms. The highest BCUT2D eigenvalue weighted by atomic mass is 16.4. The van der Waals surface area contributed by atoms with Crippen molar-refractivity contribution in [2.45, 2.75) is 31.7 Å². The van der Waals surface area contributed by atoms with Crippen LogP contribution in [0.5, 0.6) is 0 Å². The Morgan fingerprint density at radius 1 is 1.16 bits per heavy atom. The minimum absolute atomic E-state index is 0.133.